The van der Waals surface area contributed by atoms with Crippen LogP contribution in [0.1, 0.15) is 0 Å². The molecule has 2 aromatic carbocycles. The van der Waals surface area contributed by atoms with Gasteiger partial charge in [0.05, 0.1) is 18.2 Å². The number of hydrogen-bond donors (Lipinski definition) is 0. The van der Waals surface area contributed by atoms with Crippen LogP contribution in [-0.4, -0.2) is 12.1 Å². The predicted octanol–water partition coefficient (Wildman–Crippen LogP) is 4.66. The summed E-state index contributed by atoms with van der Waals surface area (Å²) in [5.74, 6) is 0.728. The summed E-state index contributed by atoms with van der Waals surface area (Å²) in [6.45, 7) is 0. The average Bonchev–Trinajstić information content (AvgIpc) is 2.93. The highest BCUT2D eigenvalue weighted by Gasteiger charge is 2.13. The first kappa shape index (κ1) is 12.0. The van der Waals surface area contributed by atoms with Gasteiger partial charge in [0, 0.05) is 5.56 Å². The second kappa shape index (κ2) is 4.63. The molecule has 21 heavy (non-hydrogen) atoms. The van der Waals surface area contributed by atoms with E-state index in [1.807, 2.05) is 48.5 Å². The molecule has 0 fully saturated rings. The van der Waals surface area contributed by atoms with E-state index in [2.05, 4.69) is 12.1 Å². The van der Waals surface area contributed by atoms with Crippen molar-refractivity contribution in [2.24, 2.45) is 0 Å². The molecule has 0 saturated carbocycles. The van der Waals surface area contributed by atoms with Crippen LogP contribution < -0.4 is 4.74 Å². The number of benzene rings is 2. The molecular formula is C18H13NO2. The summed E-state index contributed by atoms with van der Waals surface area (Å²) in [5.41, 5.74) is 4.41. The van der Waals surface area contributed by atoms with Crippen molar-refractivity contribution >= 4 is 22.1 Å². The van der Waals surface area contributed by atoms with Gasteiger partial charge in [-0.15, -0.1) is 0 Å². The number of hydrogen-bond acceptors (Lipinski definition) is 3. The minimum atomic E-state index is 0.728. The maximum Gasteiger partial charge on any atom is 0.178 e. The molecule has 3 heteroatoms. The SMILES string of the molecule is COc1cccc2c1oc1ccc(-c3ccccc3)nc12. The maximum atomic E-state index is 5.88. The molecule has 0 saturated heterocycles. The highest BCUT2D eigenvalue weighted by Crippen LogP contribution is 2.34. The number of para-hydroxylation sites is 1. The largest absolute Gasteiger partial charge is 0.493 e. The van der Waals surface area contributed by atoms with E-state index < -0.39 is 0 Å². The average molecular weight is 275 g/mol. The maximum absolute atomic E-state index is 5.88. The summed E-state index contributed by atoms with van der Waals surface area (Å²) < 4.78 is 11.2. The van der Waals surface area contributed by atoms with Crippen LogP contribution in [0, 0.1) is 0 Å². The van der Waals surface area contributed by atoms with Gasteiger partial charge in [-0.05, 0) is 24.3 Å². The molecule has 0 aliphatic heterocycles. The third-order valence-corrected chi connectivity index (χ3v) is 3.59. The first-order valence-electron chi connectivity index (χ1n) is 6.78. The number of aromatic nitrogens is 1. The molecule has 0 bridgehead atoms. The van der Waals surface area contributed by atoms with Gasteiger partial charge in [-0.3, -0.25) is 0 Å². The molecule has 102 valence electrons. The summed E-state index contributed by atoms with van der Waals surface area (Å²) >= 11 is 0. The van der Waals surface area contributed by atoms with Gasteiger partial charge in [0.15, 0.2) is 16.9 Å². The van der Waals surface area contributed by atoms with Gasteiger partial charge < -0.3 is 9.15 Å². The van der Waals surface area contributed by atoms with Crippen molar-refractivity contribution in [2.75, 3.05) is 7.11 Å². The van der Waals surface area contributed by atoms with Gasteiger partial charge in [0.25, 0.3) is 0 Å². The van der Waals surface area contributed by atoms with Crippen LogP contribution in [0.15, 0.2) is 65.1 Å². The monoisotopic (exact) mass is 275 g/mol. The van der Waals surface area contributed by atoms with E-state index in [4.69, 9.17) is 14.1 Å². The summed E-state index contributed by atoms with van der Waals surface area (Å²) in [4.78, 5) is 4.76. The molecular weight excluding hydrogens is 262 g/mol. The normalized spacial score (nSPS) is 11.1. The van der Waals surface area contributed by atoms with E-state index in [9.17, 15) is 0 Å². The lowest BCUT2D eigenvalue weighted by Crippen LogP contribution is -1.83. The number of methoxy groups -OCH3 is 1. The lowest BCUT2D eigenvalue weighted by molar-refractivity contribution is 0.412. The van der Waals surface area contributed by atoms with Crippen molar-refractivity contribution in [2.45, 2.75) is 0 Å². The molecule has 3 nitrogen and oxygen atoms in total. The van der Waals surface area contributed by atoms with Crippen molar-refractivity contribution in [1.82, 2.24) is 4.98 Å². The molecule has 0 spiro atoms. The Hall–Kier alpha value is -2.81. The van der Waals surface area contributed by atoms with Gasteiger partial charge in [0.1, 0.15) is 5.52 Å². The minimum absolute atomic E-state index is 0.728. The standard InChI is InChI=1S/C18H13NO2/c1-20-16-9-5-8-13-17-15(21-18(13)16)11-10-14(19-17)12-6-3-2-4-7-12/h2-11H,1H3. The summed E-state index contributed by atoms with van der Waals surface area (Å²) in [7, 11) is 1.64. The molecule has 0 atom stereocenters. The zero-order chi connectivity index (χ0) is 14.2. The molecule has 0 aliphatic carbocycles. The molecule has 2 aromatic heterocycles. The van der Waals surface area contributed by atoms with Gasteiger partial charge in [-0.2, -0.15) is 0 Å². The number of fused-ring (bicyclic) bond motifs is 3. The van der Waals surface area contributed by atoms with Crippen LogP contribution in [0.4, 0.5) is 0 Å². The van der Waals surface area contributed by atoms with Crippen molar-refractivity contribution in [3.05, 3.63) is 60.7 Å². The lowest BCUT2D eigenvalue weighted by Gasteiger charge is -2.00. The number of ether oxygens (including phenoxy) is 1. The summed E-state index contributed by atoms with van der Waals surface area (Å²) in [5, 5.41) is 0.974. The number of pyridine rings is 1. The molecule has 4 rings (SSSR count). The van der Waals surface area contributed by atoms with Crippen LogP contribution in [0.5, 0.6) is 5.75 Å². The Morgan fingerprint density at radius 2 is 1.76 bits per heavy atom. The summed E-state index contributed by atoms with van der Waals surface area (Å²) in [6.07, 6.45) is 0. The van der Waals surface area contributed by atoms with E-state index >= 15 is 0 Å². The first-order valence-corrected chi connectivity index (χ1v) is 6.78. The van der Waals surface area contributed by atoms with Gasteiger partial charge in [-0.1, -0.05) is 36.4 Å². The lowest BCUT2D eigenvalue weighted by atomic mass is 10.1. The van der Waals surface area contributed by atoms with Gasteiger partial charge >= 0.3 is 0 Å². The highest BCUT2D eigenvalue weighted by atomic mass is 16.5. The van der Waals surface area contributed by atoms with Crippen LogP contribution in [0.25, 0.3) is 33.3 Å². The second-order valence-corrected chi connectivity index (χ2v) is 4.85. The molecule has 4 aromatic rings. The summed E-state index contributed by atoms with van der Waals surface area (Å²) in [6, 6.07) is 19.9. The van der Waals surface area contributed by atoms with Crippen LogP contribution in [0.3, 0.4) is 0 Å². The highest BCUT2D eigenvalue weighted by molar-refractivity contribution is 6.05. The van der Waals surface area contributed by atoms with Crippen molar-refractivity contribution < 1.29 is 9.15 Å². The minimum Gasteiger partial charge on any atom is -0.493 e. The Bertz CT molecular complexity index is 926. The van der Waals surface area contributed by atoms with E-state index in [-0.39, 0.29) is 0 Å². The zero-order valence-electron chi connectivity index (χ0n) is 11.5. The number of nitrogens with zero attached hydrogens (tertiary/aromatic N) is 1. The Morgan fingerprint density at radius 3 is 2.57 bits per heavy atom. The van der Waals surface area contributed by atoms with E-state index in [0.717, 1.165) is 39.1 Å². The van der Waals surface area contributed by atoms with E-state index in [1.54, 1.807) is 7.11 Å². The molecule has 0 radical (unpaired) electrons. The Morgan fingerprint density at radius 1 is 0.905 bits per heavy atom. The zero-order valence-corrected chi connectivity index (χ0v) is 11.5. The van der Waals surface area contributed by atoms with Gasteiger partial charge in [-0.25, -0.2) is 4.98 Å². The number of rotatable bonds is 2. The molecule has 0 aliphatic rings. The Kier molecular flexibility index (Phi) is 2.64. The van der Waals surface area contributed by atoms with Crippen LogP contribution in [0.2, 0.25) is 0 Å². The van der Waals surface area contributed by atoms with Crippen molar-refractivity contribution in [3.8, 4) is 17.0 Å². The van der Waals surface area contributed by atoms with Crippen molar-refractivity contribution in [3.63, 3.8) is 0 Å². The van der Waals surface area contributed by atoms with Crippen molar-refractivity contribution in [1.29, 1.82) is 0 Å². The Balaban J connectivity index is 2.01. The first-order chi connectivity index (χ1) is 10.4. The van der Waals surface area contributed by atoms with E-state index in [1.165, 1.54) is 0 Å². The quantitative estimate of drug-likeness (QED) is 0.534. The fraction of sp³-hybridized carbons (Fsp3) is 0.0556. The van der Waals surface area contributed by atoms with E-state index in [0.29, 0.717) is 0 Å². The molecule has 2 heterocycles. The smallest absolute Gasteiger partial charge is 0.178 e. The fourth-order valence-corrected chi connectivity index (χ4v) is 2.57. The molecule has 0 unspecified atom stereocenters. The molecule has 0 amide bonds. The fourth-order valence-electron chi connectivity index (χ4n) is 2.57. The molecule has 0 N–H and O–H groups in total. The van der Waals surface area contributed by atoms with Crippen LogP contribution >= 0.6 is 0 Å². The third kappa shape index (κ3) is 1.86. The number of furan rings is 1. The van der Waals surface area contributed by atoms with Gasteiger partial charge in [0.2, 0.25) is 0 Å². The Labute approximate surface area is 121 Å². The third-order valence-electron chi connectivity index (χ3n) is 3.59. The second-order valence-electron chi connectivity index (χ2n) is 4.85. The topological polar surface area (TPSA) is 35.3 Å². The van der Waals surface area contributed by atoms with Crippen LogP contribution in [-0.2, 0) is 0 Å². The predicted molar refractivity (Wildman–Crippen MR) is 83.5 cm³/mol.